The zero-order valence-electron chi connectivity index (χ0n) is 21.6. The molecule has 2 aromatic carbocycles. The molecule has 1 amide bonds. The first kappa shape index (κ1) is 29.5. The smallest absolute Gasteiger partial charge is 0.259 e. The number of nitriles is 1. The second kappa shape index (κ2) is 12.1. The van der Waals surface area contributed by atoms with Gasteiger partial charge in [-0.1, -0.05) is 32.7 Å². The fourth-order valence-corrected chi connectivity index (χ4v) is 5.98. The molecule has 1 aliphatic heterocycles. The van der Waals surface area contributed by atoms with Crippen LogP contribution in [-0.2, 0) is 14.3 Å². The first-order valence-electron chi connectivity index (χ1n) is 12.7. The molecule has 1 aromatic heterocycles. The number of nitrogens with zero attached hydrogens (tertiary/aromatic N) is 5. The van der Waals surface area contributed by atoms with E-state index in [4.69, 9.17) is 21.1 Å². The van der Waals surface area contributed by atoms with Crippen LogP contribution in [0.15, 0.2) is 47.1 Å². The maximum Gasteiger partial charge on any atom is 0.259 e. The minimum atomic E-state index is -1.38. The van der Waals surface area contributed by atoms with Gasteiger partial charge in [0.2, 0.25) is 0 Å². The SMILES string of the molecule is COC1C(C(=O)N(c2cc(Br)cc(C#N)c2)[C@H]2CC[C@@H]2O)OC(CO)C(O)C1n1cc(-c2cc(F)cc(Cl)c2)nn1. The molecule has 2 heterocycles. The number of aliphatic hydroxyl groups excluding tert-OH is 3. The van der Waals surface area contributed by atoms with E-state index in [-0.39, 0.29) is 10.7 Å². The van der Waals surface area contributed by atoms with Crippen molar-refractivity contribution in [1.29, 1.82) is 5.26 Å². The summed E-state index contributed by atoms with van der Waals surface area (Å²) in [5, 5.41) is 49.7. The summed E-state index contributed by atoms with van der Waals surface area (Å²) in [7, 11) is 1.34. The van der Waals surface area contributed by atoms with Crippen LogP contribution in [0.4, 0.5) is 10.1 Å². The quantitative estimate of drug-likeness (QED) is 0.350. The zero-order valence-corrected chi connectivity index (χ0v) is 24.0. The first-order valence-corrected chi connectivity index (χ1v) is 13.9. The van der Waals surface area contributed by atoms with Gasteiger partial charge in [-0.3, -0.25) is 4.79 Å². The molecule has 41 heavy (non-hydrogen) atoms. The third kappa shape index (κ3) is 5.74. The van der Waals surface area contributed by atoms with E-state index in [1.807, 2.05) is 0 Å². The number of carbonyl (C=O) groups excluding carboxylic acids is 1. The minimum Gasteiger partial charge on any atom is -0.394 e. The molecule has 1 saturated carbocycles. The van der Waals surface area contributed by atoms with Gasteiger partial charge in [-0.25, -0.2) is 9.07 Å². The van der Waals surface area contributed by atoms with Crippen molar-refractivity contribution in [1.82, 2.24) is 15.0 Å². The Labute approximate surface area is 247 Å². The number of amides is 1. The predicted molar refractivity (Wildman–Crippen MR) is 147 cm³/mol. The first-order chi connectivity index (χ1) is 19.6. The number of benzene rings is 2. The predicted octanol–water partition coefficient (Wildman–Crippen LogP) is 2.60. The third-order valence-corrected chi connectivity index (χ3v) is 8.09. The molecule has 11 nitrogen and oxygen atoms in total. The molecule has 1 aliphatic carbocycles. The number of aliphatic hydroxyl groups is 3. The van der Waals surface area contributed by atoms with Crippen molar-refractivity contribution in [2.45, 2.75) is 55.4 Å². The van der Waals surface area contributed by atoms with Gasteiger partial charge in [0.05, 0.1) is 36.6 Å². The number of carbonyl (C=O) groups is 1. The van der Waals surface area contributed by atoms with Gasteiger partial charge in [0.25, 0.3) is 5.91 Å². The van der Waals surface area contributed by atoms with E-state index in [2.05, 4.69) is 32.3 Å². The van der Waals surface area contributed by atoms with Crippen LogP contribution in [0.2, 0.25) is 5.02 Å². The van der Waals surface area contributed by atoms with Crippen LogP contribution in [0.3, 0.4) is 0 Å². The van der Waals surface area contributed by atoms with Crippen LogP contribution >= 0.6 is 27.5 Å². The molecule has 2 fully saturated rings. The summed E-state index contributed by atoms with van der Waals surface area (Å²) >= 11 is 9.37. The van der Waals surface area contributed by atoms with Gasteiger partial charge < -0.3 is 29.7 Å². The molecule has 0 bridgehead atoms. The van der Waals surface area contributed by atoms with Crippen molar-refractivity contribution < 1.29 is 34.0 Å². The molecule has 3 aromatic rings. The Bertz CT molecular complexity index is 1470. The largest absolute Gasteiger partial charge is 0.394 e. The molecule has 7 atom stereocenters. The highest BCUT2D eigenvalue weighted by atomic mass is 79.9. The Morgan fingerprint density at radius 2 is 2.07 bits per heavy atom. The van der Waals surface area contributed by atoms with E-state index < -0.39 is 60.9 Å². The number of methoxy groups -OCH3 is 1. The normalized spacial score (nSPS) is 27.6. The Kier molecular flexibility index (Phi) is 8.72. The number of halogens is 3. The Morgan fingerprint density at radius 1 is 1.29 bits per heavy atom. The van der Waals surface area contributed by atoms with Gasteiger partial charge in [0.1, 0.15) is 35.9 Å². The minimum absolute atomic E-state index is 0.159. The van der Waals surface area contributed by atoms with Crippen molar-refractivity contribution >= 4 is 39.1 Å². The second-order valence-electron chi connectivity index (χ2n) is 9.93. The van der Waals surface area contributed by atoms with Gasteiger partial charge in [0, 0.05) is 27.9 Å². The average Bonchev–Trinajstić information content (AvgIpc) is 3.43. The zero-order chi connectivity index (χ0) is 29.4. The molecular formula is C27H26BrClFN5O6. The Morgan fingerprint density at radius 3 is 2.68 bits per heavy atom. The lowest BCUT2D eigenvalue weighted by Gasteiger charge is -2.47. The average molecular weight is 651 g/mol. The van der Waals surface area contributed by atoms with Crippen molar-refractivity contribution in [3.63, 3.8) is 0 Å². The maximum absolute atomic E-state index is 14.3. The summed E-state index contributed by atoms with van der Waals surface area (Å²) in [5.74, 6) is -1.17. The molecule has 216 valence electrons. The van der Waals surface area contributed by atoms with Gasteiger partial charge in [0.15, 0.2) is 6.10 Å². The van der Waals surface area contributed by atoms with E-state index in [0.717, 1.165) is 6.07 Å². The number of rotatable bonds is 7. The van der Waals surface area contributed by atoms with Crippen LogP contribution in [-0.4, -0.2) is 86.5 Å². The van der Waals surface area contributed by atoms with Gasteiger partial charge in [-0.05, 0) is 49.2 Å². The highest BCUT2D eigenvalue weighted by Crippen LogP contribution is 2.38. The van der Waals surface area contributed by atoms with Gasteiger partial charge >= 0.3 is 0 Å². The van der Waals surface area contributed by atoms with Crippen molar-refractivity contribution in [3.05, 3.63) is 63.5 Å². The molecule has 14 heteroatoms. The molecule has 5 unspecified atom stereocenters. The summed E-state index contributed by atoms with van der Waals surface area (Å²) in [5.41, 5.74) is 1.25. The number of hydrogen-bond donors (Lipinski definition) is 3. The van der Waals surface area contributed by atoms with Crippen molar-refractivity contribution in [2.75, 3.05) is 18.6 Å². The van der Waals surface area contributed by atoms with Crippen molar-refractivity contribution in [2.24, 2.45) is 0 Å². The summed E-state index contributed by atoms with van der Waals surface area (Å²) in [6, 6.07) is 9.06. The second-order valence-corrected chi connectivity index (χ2v) is 11.3. The standard InChI is InChI=1S/C27H26BrClFN5O6/c1-40-25-23(34-11-19(32-33-34)14-6-16(29)9-17(30)7-14)24(38)22(12-36)41-26(25)27(39)35(20-2-3-21(20)37)18-5-13(10-31)4-15(28)8-18/h4-9,11,20-26,36-38H,2-3,12H2,1H3/t20-,21-,22?,23?,24?,25?,26?/m0/s1. The fourth-order valence-electron chi connectivity index (χ4n) is 5.28. The summed E-state index contributed by atoms with van der Waals surface area (Å²) in [6.45, 7) is -0.625. The summed E-state index contributed by atoms with van der Waals surface area (Å²) < 4.78 is 27.5. The molecule has 3 N–H and O–H groups in total. The molecule has 0 spiro atoms. The van der Waals surface area contributed by atoms with E-state index in [0.29, 0.717) is 34.1 Å². The molecule has 2 aliphatic rings. The van der Waals surface area contributed by atoms with Crippen LogP contribution in [0.1, 0.15) is 24.4 Å². The molecule has 0 radical (unpaired) electrons. The molecule has 5 rings (SSSR count). The lowest BCUT2D eigenvalue weighted by Crippen LogP contribution is -2.64. The van der Waals surface area contributed by atoms with E-state index in [9.17, 15) is 29.8 Å². The van der Waals surface area contributed by atoms with Crippen molar-refractivity contribution in [3.8, 4) is 17.3 Å². The highest BCUT2D eigenvalue weighted by Gasteiger charge is 2.52. The van der Waals surface area contributed by atoms with Crippen LogP contribution in [0, 0.1) is 17.1 Å². The highest BCUT2D eigenvalue weighted by molar-refractivity contribution is 9.10. The summed E-state index contributed by atoms with van der Waals surface area (Å²) in [4.78, 5) is 15.6. The topological polar surface area (TPSA) is 154 Å². The van der Waals surface area contributed by atoms with E-state index >= 15 is 0 Å². The number of aromatic nitrogens is 3. The van der Waals surface area contributed by atoms with Crippen LogP contribution in [0.5, 0.6) is 0 Å². The molecular weight excluding hydrogens is 625 g/mol. The lowest BCUT2D eigenvalue weighted by atomic mass is 9.85. The molecule has 1 saturated heterocycles. The maximum atomic E-state index is 14.3. The number of anilines is 1. The number of ether oxygens (including phenoxy) is 2. The Hall–Kier alpha value is -2.96. The van der Waals surface area contributed by atoms with E-state index in [1.165, 1.54) is 41.1 Å². The van der Waals surface area contributed by atoms with E-state index in [1.54, 1.807) is 12.1 Å². The van der Waals surface area contributed by atoms with Gasteiger partial charge in [-0.2, -0.15) is 5.26 Å². The Balaban J connectivity index is 1.54. The van der Waals surface area contributed by atoms with Gasteiger partial charge in [-0.15, -0.1) is 5.10 Å². The van der Waals surface area contributed by atoms with Crippen LogP contribution in [0.25, 0.3) is 11.3 Å². The van der Waals surface area contributed by atoms with Crippen LogP contribution < -0.4 is 4.90 Å². The number of hydrogen-bond acceptors (Lipinski definition) is 9. The third-order valence-electron chi connectivity index (χ3n) is 7.42. The monoisotopic (exact) mass is 649 g/mol. The lowest BCUT2D eigenvalue weighted by molar-refractivity contribution is -0.211. The fraction of sp³-hybridized carbons (Fsp3) is 0.407. The summed E-state index contributed by atoms with van der Waals surface area (Å²) in [6.07, 6.45) is -3.44.